The van der Waals surface area contributed by atoms with Crippen molar-refractivity contribution in [2.45, 2.75) is 70.3 Å². The van der Waals surface area contributed by atoms with Crippen LogP contribution >= 0.6 is 0 Å². The second kappa shape index (κ2) is 8.09. The molecule has 0 saturated heterocycles. The lowest BCUT2D eigenvalue weighted by molar-refractivity contribution is 0.217. The fourth-order valence-electron chi connectivity index (χ4n) is 2.23. The Bertz CT molecular complexity index is 279. The van der Waals surface area contributed by atoms with Gasteiger partial charge in [-0.05, 0) is 19.3 Å². The average molecular weight is 261 g/mol. The second-order valence-corrected chi connectivity index (χ2v) is 6.60. The van der Waals surface area contributed by atoms with Crippen LogP contribution in [0, 0.1) is 6.92 Å². The molecule has 101 valence electrons. The predicted octanol–water partition coefficient (Wildman–Crippen LogP) is 3.45. The molecule has 1 saturated carbocycles. The molecule has 17 heavy (non-hydrogen) atoms. The Morgan fingerprint density at radius 1 is 1.00 bits per heavy atom. The maximum Gasteiger partial charge on any atom is 0.267 e. The summed E-state index contributed by atoms with van der Waals surface area (Å²) in [6.45, 7) is 3.78. The van der Waals surface area contributed by atoms with Crippen LogP contribution in [0.3, 0.4) is 0 Å². The molecule has 0 bridgehead atoms. The highest BCUT2D eigenvalue weighted by atomic mass is 32.2. The summed E-state index contributed by atoms with van der Waals surface area (Å²) in [4.78, 5) is 0. The summed E-state index contributed by atoms with van der Waals surface area (Å²) in [5, 5.41) is 0. The average Bonchev–Trinajstić information content (AvgIpc) is 2.75. The second-order valence-electron chi connectivity index (χ2n) is 4.89. The summed E-state index contributed by atoms with van der Waals surface area (Å²) < 4.78 is 28.5. The third-order valence-electron chi connectivity index (χ3n) is 3.23. The van der Waals surface area contributed by atoms with Crippen LogP contribution in [0.25, 0.3) is 0 Å². The smallest absolute Gasteiger partial charge is 0.267 e. The van der Waals surface area contributed by atoms with Crippen molar-refractivity contribution in [1.29, 1.82) is 0 Å². The molecule has 1 radical (unpaired) electrons. The van der Waals surface area contributed by atoms with Gasteiger partial charge in [0, 0.05) is 0 Å². The number of unbranched alkanes of at least 4 members (excludes halogenated alkanes) is 5. The Morgan fingerprint density at radius 3 is 2.24 bits per heavy atom. The quantitative estimate of drug-likeness (QED) is 0.471. The molecule has 0 unspecified atom stereocenters. The van der Waals surface area contributed by atoms with Gasteiger partial charge in [0.25, 0.3) is 10.1 Å². The van der Waals surface area contributed by atoms with Crippen LogP contribution in [-0.4, -0.2) is 20.3 Å². The van der Waals surface area contributed by atoms with Gasteiger partial charge in [0.2, 0.25) is 0 Å². The summed E-state index contributed by atoms with van der Waals surface area (Å²) in [7, 11) is -3.27. The molecule has 3 nitrogen and oxygen atoms in total. The van der Waals surface area contributed by atoms with Crippen LogP contribution in [-0.2, 0) is 14.3 Å². The molecule has 1 aliphatic rings. The Kier molecular flexibility index (Phi) is 7.12. The minimum absolute atomic E-state index is 0.0360. The van der Waals surface area contributed by atoms with Gasteiger partial charge in [0.15, 0.2) is 0 Å². The first-order chi connectivity index (χ1) is 8.14. The fourth-order valence-corrected chi connectivity index (χ4v) is 3.49. The van der Waals surface area contributed by atoms with Gasteiger partial charge in [-0.2, -0.15) is 8.42 Å². The van der Waals surface area contributed by atoms with E-state index in [1.807, 2.05) is 0 Å². The van der Waals surface area contributed by atoms with Crippen LogP contribution in [0.15, 0.2) is 0 Å². The minimum atomic E-state index is -3.27. The van der Waals surface area contributed by atoms with Crippen molar-refractivity contribution in [3.63, 3.8) is 0 Å². The van der Waals surface area contributed by atoms with Crippen molar-refractivity contribution in [2.24, 2.45) is 0 Å². The first-order valence-electron chi connectivity index (χ1n) is 6.84. The first-order valence-corrected chi connectivity index (χ1v) is 8.42. The van der Waals surface area contributed by atoms with E-state index in [4.69, 9.17) is 4.18 Å². The molecule has 0 aromatic rings. The van der Waals surface area contributed by atoms with Gasteiger partial charge in [-0.25, -0.2) is 0 Å². The van der Waals surface area contributed by atoms with Crippen LogP contribution in [0.5, 0.6) is 0 Å². The van der Waals surface area contributed by atoms with Crippen LogP contribution in [0.1, 0.15) is 64.2 Å². The molecule has 0 aliphatic heterocycles. The largest absolute Gasteiger partial charge is 0.267 e. The van der Waals surface area contributed by atoms with E-state index in [9.17, 15) is 8.42 Å². The molecular formula is C13H25O3S. The zero-order valence-corrected chi connectivity index (χ0v) is 11.5. The molecule has 0 aromatic heterocycles. The van der Waals surface area contributed by atoms with Gasteiger partial charge < -0.3 is 0 Å². The summed E-state index contributed by atoms with van der Waals surface area (Å²) in [5.41, 5.74) is 0. The van der Waals surface area contributed by atoms with Crippen molar-refractivity contribution in [2.75, 3.05) is 5.75 Å². The van der Waals surface area contributed by atoms with E-state index in [2.05, 4.69) is 6.92 Å². The van der Waals surface area contributed by atoms with Gasteiger partial charge in [-0.3, -0.25) is 4.18 Å². The fraction of sp³-hybridized carbons (Fsp3) is 0.923. The van der Waals surface area contributed by atoms with E-state index < -0.39 is 10.1 Å². The van der Waals surface area contributed by atoms with Gasteiger partial charge in [0.05, 0.1) is 11.9 Å². The molecule has 0 atom stereocenters. The molecule has 1 fully saturated rings. The number of hydrogen-bond donors (Lipinski definition) is 0. The molecule has 4 heteroatoms. The molecule has 0 spiro atoms. The van der Waals surface area contributed by atoms with Gasteiger partial charge in [0.1, 0.15) is 0 Å². The van der Waals surface area contributed by atoms with E-state index in [0.29, 0.717) is 0 Å². The van der Waals surface area contributed by atoms with Gasteiger partial charge in [-0.1, -0.05) is 51.9 Å². The number of rotatable bonds is 9. The summed E-state index contributed by atoms with van der Waals surface area (Å²) >= 11 is 0. The van der Waals surface area contributed by atoms with E-state index in [0.717, 1.165) is 64.2 Å². The number of hydrogen-bond acceptors (Lipinski definition) is 3. The molecule has 0 aromatic carbocycles. The Hall–Kier alpha value is -0.0900. The molecular weight excluding hydrogens is 236 g/mol. The highest BCUT2D eigenvalue weighted by Crippen LogP contribution is 2.23. The minimum Gasteiger partial charge on any atom is -0.267 e. The maximum atomic E-state index is 11.6. The third-order valence-corrected chi connectivity index (χ3v) is 4.58. The van der Waals surface area contributed by atoms with Crippen molar-refractivity contribution < 1.29 is 12.6 Å². The van der Waals surface area contributed by atoms with E-state index in [1.54, 1.807) is 0 Å². The topological polar surface area (TPSA) is 43.4 Å². The first kappa shape index (κ1) is 15.0. The van der Waals surface area contributed by atoms with Crippen LogP contribution < -0.4 is 0 Å². The summed E-state index contributed by atoms with van der Waals surface area (Å²) in [6.07, 6.45) is 10.1. The van der Waals surface area contributed by atoms with Crippen molar-refractivity contribution >= 4 is 10.1 Å². The van der Waals surface area contributed by atoms with Crippen molar-refractivity contribution in [1.82, 2.24) is 0 Å². The molecule has 0 N–H and O–H groups in total. The molecule has 1 rings (SSSR count). The van der Waals surface area contributed by atoms with E-state index in [-0.39, 0.29) is 11.9 Å². The van der Waals surface area contributed by atoms with E-state index in [1.165, 1.54) is 0 Å². The highest BCUT2D eigenvalue weighted by Gasteiger charge is 2.22. The lowest BCUT2D eigenvalue weighted by atomic mass is 10.1. The Balaban J connectivity index is 2.07. The Labute approximate surface area is 106 Å². The third kappa shape index (κ3) is 7.04. The van der Waals surface area contributed by atoms with E-state index >= 15 is 0 Å². The maximum absolute atomic E-state index is 11.6. The summed E-state index contributed by atoms with van der Waals surface area (Å²) in [5.74, 6) is 0.188. The molecule has 0 heterocycles. The lowest BCUT2D eigenvalue weighted by Crippen LogP contribution is -2.18. The van der Waals surface area contributed by atoms with Crippen molar-refractivity contribution in [3.05, 3.63) is 6.92 Å². The normalized spacial score (nSPS) is 17.7. The van der Waals surface area contributed by atoms with Gasteiger partial charge >= 0.3 is 0 Å². The highest BCUT2D eigenvalue weighted by molar-refractivity contribution is 7.86. The van der Waals surface area contributed by atoms with Gasteiger partial charge in [-0.15, -0.1) is 0 Å². The monoisotopic (exact) mass is 261 g/mol. The van der Waals surface area contributed by atoms with Crippen LogP contribution in [0.4, 0.5) is 0 Å². The predicted molar refractivity (Wildman–Crippen MR) is 70.2 cm³/mol. The standard InChI is InChI=1S/C13H25O3S/c1-2-3-4-5-6-9-12-17(14,15)16-13-10-7-8-11-13/h13H,1-12H2. The Morgan fingerprint density at radius 2 is 1.59 bits per heavy atom. The zero-order valence-electron chi connectivity index (χ0n) is 10.7. The van der Waals surface area contributed by atoms with Crippen molar-refractivity contribution in [3.8, 4) is 0 Å². The lowest BCUT2D eigenvalue weighted by Gasteiger charge is -2.10. The molecule has 0 amide bonds. The van der Waals surface area contributed by atoms with Crippen LogP contribution in [0.2, 0.25) is 0 Å². The molecule has 1 aliphatic carbocycles. The zero-order chi connectivity index (χ0) is 12.6. The SMILES string of the molecule is [CH2]CCCCCCCS(=O)(=O)OC1CCCC1. The summed E-state index contributed by atoms with van der Waals surface area (Å²) in [6, 6.07) is 0.